The summed E-state index contributed by atoms with van der Waals surface area (Å²) in [5, 5.41) is 18.2. The van der Waals surface area contributed by atoms with Crippen molar-refractivity contribution < 1.29 is 10.2 Å². The Bertz CT molecular complexity index is 273. The van der Waals surface area contributed by atoms with E-state index in [1.165, 1.54) is 12.1 Å². The fourth-order valence-electron chi connectivity index (χ4n) is 0.749. The highest BCUT2D eigenvalue weighted by atomic mass is 35.5. The van der Waals surface area contributed by atoms with Gasteiger partial charge in [0.2, 0.25) is 0 Å². The van der Waals surface area contributed by atoms with Crippen molar-refractivity contribution >= 4 is 23.2 Å². The van der Waals surface area contributed by atoms with Gasteiger partial charge in [-0.3, -0.25) is 0 Å². The number of aromatic hydroxyl groups is 2. The maximum absolute atomic E-state index is 9.06. The summed E-state index contributed by atoms with van der Waals surface area (Å²) in [6.07, 6.45) is 0. The fourth-order valence-corrected chi connectivity index (χ4v) is 1.20. The van der Waals surface area contributed by atoms with E-state index in [1.54, 1.807) is 0 Å². The van der Waals surface area contributed by atoms with Crippen LogP contribution in [0.1, 0.15) is 5.56 Å². The average Bonchev–Trinajstić information content (AvgIpc) is 1.96. The van der Waals surface area contributed by atoms with Crippen molar-refractivity contribution in [3.8, 4) is 11.5 Å². The van der Waals surface area contributed by atoms with Crippen molar-refractivity contribution in [2.45, 2.75) is 5.88 Å². The first kappa shape index (κ1) is 8.50. The van der Waals surface area contributed by atoms with E-state index in [1.807, 2.05) is 0 Å². The summed E-state index contributed by atoms with van der Waals surface area (Å²) in [5.74, 6) is -0.0225. The number of benzene rings is 1. The molecule has 0 unspecified atom stereocenters. The van der Waals surface area contributed by atoms with Crippen LogP contribution in [0.2, 0.25) is 5.02 Å². The number of phenols is 2. The minimum absolute atomic E-state index is 0.0393. The van der Waals surface area contributed by atoms with Crippen LogP contribution in [0, 0.1) is 0 Å². The van der Waals surface area contributed by atoms with Crippen molar-refractivity contribution in [1.29, 1.82) is 0 Å². The van der Waals surface area contributed by atoms with Crippen molar-refractivity contribution in [3.63, 3.8) is 0 Å². The SMILES string of the molecule is Oc1cc(O)c(Cl)c(CCl)c1. The summed E-state index contributed by atoms with van der Waals surface area (Å²) in [5.41, 5.74) is 0.519. The predicted molar refractivity (Wildman–Crippen MR) is 44.3 cm³/mol. The Kier molecular flexibility index (Phi) is 2.47. The van der Waals surface area contributed by atoms with Crippen molar-refractivity contribution in [1.82, 2.24) is 0 Å². The summed E-state index contributed by atoms with van der Waals surface area (Å²) >= 11 is 11.1. The first-order chi connectivity index (χ1) is 5.15. The first-order valence-electron chi connectivity index (χ1n) is 2.91. The molecule has 1 aromatic carbocycles. The van der Waals surface area contributed by atoms with E-state index >= 15 is 0 Å². The maximum Gasteiger partial charge on any atom is 0.138 e. The molecule has 0 radical (unpaired) electrons. The Labute approximate surface area is 74.0 Å². The summed E-state index contributed by atoms with van der Waals surface area (Å²) < 4.78 is 0. The molecule has 0 aliphatic rings. The van der Waals surface area contributed by atoms with Crippen LogP contribution >= 0.6 is 23.2 Å². The Morgan fingerprint density at radius 1 is 1.27 bits per heavy atom. The largest absolute Gasteiger partial charge is 0.508 e. The number of hydrogen-bond acceptors (Lipinski definition) is 2. The molecular weight excluding hydrogens is 187 g/mol. The monoisotopic (exact) mass is 192 g/mol. The number of rotatable bonds is 1. The molecule has 0 fully saturated rings. The van der Waals surface area contributed by atoms with Crippen LogP contribution in [0.15, 0.2) is 12.1 Å². The van der Waals surface area contributed by atoms with Gasteiger partial charge in [0.05, 0.1) is 5.02 Å². The molecule has 0 aromatic heterocycles. The van der Waals surface area contributed by atoms with Gasteiger partial charge in [-0.25, -0.2) is 0 Å². The third-order valence-electron chi connectivity index (χ3n) is 1.26. The summed E-state index contributed by atoms with van der Waals surface area (Å²) in [7, 11) is 0. The van der Waals surface area contributed by atoms with E-state index in [-0.39, 0.29) is 22.4 Å². The predicted octanol–water partition coefficient (Wildman–Crippen LogP) is 2.49. The molecule has 0 aliphatic carbocycles. The molecular formula is C7H6Cl2O2. The Balaban J connectivity index is 3.24. The van der Waals surface area contributed by atoms with E-state index in [4.69, 9.17) is 33.4 Å². The molecule has 0 bridgehead atoms. The van der Waals surface area contributed by atoms with Gasteiger partial charge in [-0.1, -0.05) is 11.6 Å². The molecule has 0 heterocycles. The zero-order valence-electron chi connectivity index (χ0n) is 5.51. The van der Waals surface area contributed by atoms with E-state index in [0.717, 1.165) is 0 Å². The molecule has 0 atom stereocenters. The average molecular weight is 193 g/mol. The molecule has 2 nitrogen and oxygen atoms in total. The quantitative estimate of drug-likeness (QED) is 0.672. The lowest BCUT2D eigenvalue weighted by molar-refractivity contribution is 0.450. The minimum atomic E-state index is -0.151. The molecule has 1 rings (SSSR count). The van der Waals surface area contributed by atoms with Crippen LogP contribution < -0.4 is 0 Å². The zero-order chi connectivity index (χ0) is 8.43. The number of phenolic OH excluding ortho intramolecular Hbond substituents is 2. The highest BCUT2D eigenvalue weighted by molar-refractivity contribution is 6.33. The number of halogens is 2. The van der Waals surface area contributed by atoms with Gasteiger partial charge in [-0.15, -0.1) is 11.6 Å². The van der Waals surface area contributed by atoms with Gasteiger partial charge in [-0.2, -0.15) is 0 Å². The second-order valence-electron chi connectivity index (χ2n) is 2.07. The van der Waals surface area contributed by atoms with Gasteiger partial charge < -0.3 is 10.2 Å². The van der Waals surface area contributed by atoms with Crippen LogP contribution in [0.5, 0.6) is 11.5 Å². The lowest BCUT2D eigenvalue weighted by Gasteiger charge is -2.02. The van der Waals surface area contributed by atoms with Gasteiger partial charge in [0.1, 0.15) is 11.5 Å². The molecule has 0 saturated carbocycles. The lowest BCUT2D eigenvalue weighted by Crippen LogP contribution is -1.80. The van der Waals surface area contributed by atoms with E-state index in [2.05, 4.69) is 0 Å². The molecule has 0 amide bonds. The van der Waals surface area contributed by atoms with Gasteiger partial charge in [0, 0.05) is 11.9 Å². The highest BCUT2D eigenvalue weighted by Crippen LogP contribution is 2.32. The highest BCUT2D eigenvalue weighted by Gasteiger charge is 2.05. The van der Waals surface area contributed by atoms with Crippen molar-refractivity contribution in [2.75, 3.05) is 0 Å². The van der Waals surface area contributed by atoms with Crippen LogP contribution in [0.25, 0.3) is 0 Å². The molecule has 1 aromatic rings. The van der Waals surface area contributed by atoms with Crippen molar-refractivity contribution in [3.05, 3.63) is 22.7 Å². The second-order valence-corrected chi connectivity index (χ2v) is 2.72. The van der Waals surface area contributed by atoms with Gasteiger partial charge in [-0.05, 0) is 11.6 Å². The Morgan fingerprint density at radius 2 is 1.91 bits per heavy atom. The number of alkyl halides is 1. The molecule has 0 spiro atoms. The van der Waals surface area contributed by atoms with Crippen LogP contribution in [-0.4, -0.2) is 10.2 Å². The molecule has 4 heteroatoms. The van der Waals surface area contributed by atoms with Crippen LogP contribution in [-0.2, 0) is 5.88 Å². The maximum atomic E-state index is 9.06. The second kappa shape index (κ2) is 3.20. The summed E-state index contributed by atoms with van der Waals surface area (Å²) in [6.45, 7) is 0. The number of hydrogen-bond donors (Lipinski definition) is 2. The molecule has 11 heavy (non-hydrogen) atoms. The minimum Gasteiger partial charge on any atom is -0.508 e. The normalized spacial score (nSPS) is 10.0. The zero-order valence-corrected chi connectivity index (χ0v) is 7.02. The Hall–Kier alpha value is -0.600. The smallest absolute Gasteiger partial charge is 0.138 e. The first-order valence-corrected chi connectivity index (χ1v) is 3.82. The lowest BCUT2D eigenvalue weighted by atomic mass is 10.2. The standard InChI is InChI=1S/C7H6Cl2O2/c8-3-4-1-5(10)2-6(11)7(4)9/h1-2,10-11H,3H2. The topological polar surface area (TPSA) is 40.5 Å². The van der Waals surface area contributed by atoms with E-state index in [0.29, 0.717) is 5.56 Å². The summed E-state index contributed by atoms with van der Waals surface area (Å²) in [6, 6.07) is 2.58. The third kappa shape index (κ3) is 1.70. The van der Waals surface area contributed by atoms with Gasteiger partial charge in [0.15, 0.2) is 0 Å². The third-order valence-corrected chi connectivity index (χ3v) is 1.98. The van der Waals surface area contributed by atoms with E-state index in [9.17, 15) is 0 Å². The fraction of sp³-hybridized carbons (Fsp3) is 0.143. The molecule has 0 aliphatic heterocycles. The van der Waals surface area contributed by atoms with E-state index < -0.39 is 0 Å². The van der Waals surface area contributed by atoms with Gasteiger partial charge in [0.25, 0.3) is 0 Å². The molecule has 60 valence electrons. The van der Waals surface area contributed by atoms with Crippen LogP contribution in [0.3, 0.4) is 0 Å². The van der Waals surface area contributed by atoms with Crippen LogP contribution in [0.4, 0.5) is 0 Å². The summed E-state index contributed by atoms with van der Waals surface area (Å²) in [4.78, 5) is 0. The van der Waals surface area contributed by atoms with Gasteiger partial charge >= 0.3 is 0 Å². The Morgan fingerprint density at radius 3 is 2.45 bits per heavy atom. The van der Waals surface area contributed by atoms with Crippen molar-refractivity contribution in [2.24, 2.45) is 0 Å². The molecule has 0 saturated heterocycles. The molecule has 2 N–H and O–H groups in total.